The molecule has 0 atom stereocenters. The molecule has 7 aromatic carbocycles. The standard InChI is InChI=1S/C60H43N5O13/c1-27-17-31(7-12-36(27)37-14-9-33(18-28(37)2)62-51(67)32-8-13-40(59(75)76)42(22-32)52(68)61-5)21-50(66)41-23-45-48(26-49(41)60(77)78)58(74)64(55(45)71)34-10-15-38(29(3)19-34)39-16-11-35(20-30(39)4)65-56(72)46-24-43-44(25-47(46)57(65)73)54(70)63(6)53(43)69/h7-20,22-26H,21H2,1-6H3,(H,61,68)(H,62,67)(H,75,76)(H,77,78). The molecule has 2 aromatic heterocycles. The highest BCUT2D eigenvalue weighted by molar-refractivity contribution is 6.35. The van der Waals surface area contributed by atoms with Crippen molar-refractivity contribution in [3.63, 3.8) is 0 Å². The third kappa shape index (κ3) is 8.37. The molecule has 386 valence electrons. The van der Waals surface area contributed by atoms with Crippen molar-refractivity contribution in [3.05, 3.63) is 223 Å². The summed E-state index contributed by atoms with van der Waals surface area (Å²) in [7, 11) is 2.67. The van der Waals surface area contributed by atoms with E-state index in [1.54, 1.807) is 80.6 Å². The first-order valence-electron chi connectivity index (χ1n) is 24.1. The Balaban J connectivity index is 0.857. The van der Waals surface area contributed by atoms with E-state index in [9.17, 15) is 63.0 Å². The Kier molecular flexibility index (Phi) is 12.4. The van der Waals surface area contributed by atoms with Crippen LogP contribution in [0.15, 0.2) is 134 Å². The minimum Gasteiger partial charge on any atom is -0.478 e. The summed E-state index contributed by atoms with van der Waals surface area (Å²) < 4.78 is 1.91. The number of aromatic carboxylic acids is 2. The van der Waals surface area contributed by atoms with Crippen molar-refractivity contribution in [2.24, 2.45) is 7.05 Å². The smallest absolute Gasteiger partial charge is 0.336 e. The molecule has 0 saturated heterocycles. The number of carbonyl (C=O) groups excluding carboxylic acids is 5. The normalized spacial score (nSPS) is 12.1. The second kappa shape index (κ2) is 19.0. The second-order valence-corrected chi connectivity index (χ2v) is 19.1. The summed E-state index contributed by atoms with van der Waals surface area (Å²) in [6.45, 7) is 7.23. The molecule has 78 heavy (non-hydrogen) atoms. The fraction of sp³-hybridized carbons (Fsp3) is 0.117. The van der Waals surface area contributed by atoms with Gasteiger partial charge in [0.2, 0.25) is 0 Å². The molecule has 0 bridgehead atoms. The Bertz CT molecular complexity index is 4400. The molecule has 9 aromatic rings. The molecule has 0 fully saturated rings. The van der Waals surface area contributed by atoms with Crippen LogP contribution in [0.3, 0.4) is 0 Å². The van der Waals surface area contributed by atoms with Crippen LogP contribution in [0.25, 0.3) is 49.5 Å². The van der Waals surface area contributed by atoms with Crippen molar-refractivity contribution >= 4 is 74.3 Å². The number of nitrogens with one attached hydrogen (secondary N) is 2. The lowest BCUT2D eigenvalue weighted by molar-refractivity contribution is 0.0683. The average molecular weight is 1040 g/mol. The maximum absolute atomic E-state index is 14.1. The summed E-state index contributed by atoms with van der Waals surface area (Å²) >= 11 is 0. The summed E-state index contributed by atoms with van der Waals surface area (Å²) in [6.07, 6.45) is -0.242. The highest BCUT2D eigenvalue weighted by atomic mass is 16.4. The van der Waals surface area contributed by atoms with E-state index in [-0.39, 0.29) is 72.7 Å². The summed E-state index contributed by atoms with van der Waals surface area (Å²) in [5, 5.41) is 25.1. The molecule has 0 unspecified atom stereocenters. The van der Waals surface area contributed by atoms with Gasteiger partial charge in [-0.2, -0.15) is 0 Å². The Hall–Kier alpha value is -10.5. The van der Waals surface area contributed by atoms with Crippen LogP contribution < -0.4 is 37.8 Å². The zero-order chi connectivity index (χ0) is 55.9. The van der Waals surface area contributed by atoms with Gasteiger partial charge in [0.25, 0.3) is 45.9 Å². The number of nitrogens with zero attached hydrogens (tertiary/aromatic N) is 3. The highest BCUT2D eigenvalue weighted by Crippen LogP contribution is 2.36. The van der Waals surface area contributed by atoms with E-state index >= 15 is 0 Å². The van der Waals surface area contributed by atoms with Gasteiger partial charge in [-0.05, 0) is 157 Å². The third-order valence-electron chi connectivity index (χ3n) is 14.3. The average Bonchev–Trinajstić information content (AvgIpc) is 4.15. The molecule has 18 heteroatoms. The van der Waals surface area contributed by atoms with Gasteiger partial charge in [-0.3, -0.25) is 47.7 Å². The van der Waals surface area contributed by atoms with Crippen molar-refractivity contribution in [2.75, 3.05) is 17.3 Å². The first-order valence-corrected chi connectivity index (χ1v) is 24.1. The van der Waals surface area contributed by atoms with Gasteiger partial charge in [0.15, 0.2) is 5.78 Å². The number of carbonyl (C=O) groups is 7. The lowest BCUT2D eigenvalue weighted by atomic mass is 9.91. The molecule has 18 nitrogen and oxygen atoms in total. The van der Waals surface area contributed by atoms with Crippen molar-refractivity contribution in [1.29, 1.82) is 0 Å². The van der Waals surface area contributed by atoms with E-state index < -0.39 is 69.2 Å². The first-order chi connectivity index (χ1) is 37.1. The number of carboxylic acid groups (broad SMARTS) is 2. The van der Waals surface area contributed by atoms with Gasteiger partial charge in [0.1, 0.15) is 0 Å². The molecule has 4 amide bonds. The monoisotopic (exact) mass is 1040 g/mol. The second-order valence-electron chi connectivity index (χ2n) is 19.1. The van der Waals surface area contributed by atoms with Crippen LogP contribution in [0.4, 0.5) is 11.4 Å². The van der Waals surface area contributed by atoms with Crippen molar-refractivity contribution < 1.29 is 43.8 Å². The molecule has 3 heterocycles. The Morgan fingerprint density at radius 3 is 1.47 bits per heavy atom. The Morgan fingerprint density at radius 1 is 0.462 bits per heavy atom. The number of amides is 4. The molecule has 0 saturated carbocycles. The van der Waals surface area contributed by atoms with Crippen LogP contribution in [-0.2, 0) is 13.5 Å². The highest BCUT2D eigenvalue weighted by Gasteiger charge is 2.39. The number of benzene rings is 7. The molecular weight excluding hydrogens is 999 g/mol. The Morgan fingerprint density at radius 2 is 0.949 bits per heavy atom. The van der Waals surface area contributed by atoms with Crippen molar-refractivity contribution in [3.8, 4) is 27.9 Å². The van der Waals surface area contributed by atoms with Crippen LogP contribution in [0, 0.1) is 27.7 Å². The molecule has 4 N–H and O–H groups in total. The third-order valence-corrected chi connectivity index (χ3v) is 14.3. The Labute approximate surface area is 440 Å². The number of hydrogen-bond donors (Lipinski definition) is 4. The van der Waals surface area contributed by atoms with E-state index in [1.807, 2.05) is 19.9 Å². The van der Waals surface area contributed by atoms with Gasteiger partial charge in [-0.15, -0.1) is 0 Å². The number of Topliss-reactive ketones (excluding diaryl/α,β-unsaturated/α-hetero) is 1. The van der Waals surface area contributed by atoms with Gasteiger partial charge < -0.3 is 20.8 Å². The van der Waals surface area contributed by atoms with Crippen LogP contribution in [-0.4, -0.2) is 67.7 Å². The van der Waals surface area contributed by atoms with Crippen LogP contribution in [0.2, 0.25) is 0 Å². The zero-order valence-electron chi connectivity index (χ0n) is 42.4. The van der Waals surface area contributed by atoms with Gasteiger partial charge >= 0.3 is 11.9 Å². The van der Waals surface area contributed by atoms with E-state index in [2.05, 4.69) is 10.6 Å². The molecule has 1 aliphatic heterocycles. The fourth-order valence-electron chi connectivity index (χ4n) is 10.3. The van der Waals surface area contributed by atoms with Crippen LogP contribution in [0.1, 0.15) is 100 Å². The number of rotatable bonds is 12. The number of carboxylic acids is 2. The molecular formula is C60H43N5O13. The van der Waals surface area contributed by atoms with E-state index in [0.717, 1.165) is 48.4 Å². The topological polar surface area (TPSA) is 265 Å². The van der Waals surface area contributed by atoms with Crippen LogP contribution >= 0.6 is 0 Å². The number of imide groups is 1. The maximum atomic E-state index is 14.1. The lowest BCUT2D eigenvalue weighted by Gasteiger charge is -2.17. The first kappa shape index (κ1) is 51.0. The molecule has 0 spiro atoms. The largest absolute Gasteiger partial charge is 0.478 e. The summed E-state index contributed by atoms with van der Waals surface area (Å²) in [5.41, 5.74) is 3.51. The lowest BCUT2D eigenvalue weighted by Crippen LogP contribution is -2.29. The number of fused-ring (bicyclic) bond motifs is 3. The van der Waals surface area contributed by atoms with Crippen molar-refractivity contribution in [1.82, 2.24) is 14.5 Å². The minimum atomic E-state index is -1.47. The molecule has 0 radical (unpaired) electrons. The quantitative estimate of drug-likeness (QED) is 0.0695. The summed E-state index contributed by atoms with van der Waals surface area (Å²) in [4.78, 5) is 145. The fourth-order valence-corrected chi connectivity index (χ4v) is 10.3. The van der Waals surface area contributed by atoms with Crippen LogP contribution in [0.5, 0.6) is 0 Å². The zero-order valence-corrected chi connectivity index (χ0v) is 42.4. The van der Waals surface area contributed by atoms with E-state index in [0.29, 0.717) is 33.5 Å². The van der Waals surface area contributed by atoms with Gasteiger partial charge in [-0.25, -0.2) is 19.1 Å². The predicted octanol–water partition coefficient (Wildman–Crippen LogP) is 7.24. The summed E-state index contributed by atoms with van der Waals surface area (Å²) in [6, 6.07) is 28.9. The van der Waals surface area contributed by atoms with Gasteiger partial charge in [0.05, 0.1) is 60.7 Å². The van der Waals surface area contributed by atoms with Crippen molar-refractivity contribution in [2.45, 2.75) is 34.1 Å². The maximum Gasteiger partial charge on any atom is 0.336 e. The predicted molar refractivity (Wildman–Crippen MR) is 291 cm³/mol. The van der Waals surface area contributed by atoms with E-state index in [4.69, 9.17) is 0 Å². The number of aromatic nitrogens is 2. The molecule has 10 rings (SSSR count). The number of hydrogen-bond acceptors (Lipinski definition) is 11. The minimum absolute atomic E-state index is 0.00876. The molecule has 1 aliphatic rings. The summed E-state index contributed by atoms with van der Waals surface area (Å²) in [5.74, 6) is -6.16. The number of aryl methyl sites for hydroxylation is 4. The number of ketones is 1. The van der Waals surface area contributed by atoms with Gasteiger partial charge in [0, 0.05) is 37.3 Å². The number of anilines is 2. The SMILES string of the molecule is CNC(=O)c1cc(C(=O)Nc2ccc(-c3ccc(CC(=O)c4cc5c(cc4C(=O)O)C(=O)N(c4ccc(-c6ccc(-n7c(=O)c8cc9c(=O)n(C)c(=O)c9cc8c7=O)cc6C)c(C)c4)C5=O)cc3C)c(C)c2)ccc1C(=O)O. The van der Waals surface area contributed by atoms with E-state index in [1.165, 1.54) is 44.4 Å². The van der Waals surface area contributed by atoms with Gasteiger partial charge in [-0.1, -0.05) is 36.4 Å². The molecule has 0 aliphatic carbocycles.